The molecule has 3 rings (SSSR count). The number of aryl methyl sites for hydroxylation is 1. The Labute approximate surface area is 227 Å². The Morgan fingerprint density at radius 1 is 0.919 bits per heavy atom. The van der Waals surface area contributed by atoms with E-state index in [4.69, 9.17) is 0 Å². The van der Waals surface area contributed by atoms with Crippen LogP contribution < -0.4 is 9.62 Å². The number of hydrogen-bond acceptors (Lipinski definition) is 4. The maximum Gasteiger partial charge on any atom is 0.264 e. The van der Waals surface area contributed by atoms with Crippen molar-refractivity contribution in [3.05, 3.63) is 94.5 Å². The van der Waals surface area contributed by atoms with Crippen LogP contribution in [0.3, 0.4) is 0 Å². The topological polar surface area (TPSA) is 86.8 Å². The summed E-state index contributed by atoms with van der Waals surface area (Å²) in [5, 5.41) is 2.81. The lowest BCUT2D eigenvalue weighted by molar-refractivity contribution is -0.140. The minimum Gasteiger partial charge on any atom is -0.355 e. The highest BCUT2D eigenvalue weighted by Crippen LogP contribution is 2.26. The van der Waals surface area contributed by atoms with E-state index in [1.54, 1.807) is 42.5 Å². The van der Waals surface area contributed by atoms with Gasteiger partial charge in [-0.2, -0.15) is 0 Å². The van der Waals surface area contributed by atoms with Crippen molar-refractivity contribution in [3.63, 3.8) is 0 Å². The smallest absolute Gasteiger partial charge is 0.264 e. The summed E-state index contributed by atoms with van der Waals surface area (Å²) < 4.78 is 29.3. The van der Waals surface area contributed by atoms with Gasteiger partial charge in [-0.25, -0.2) is 8.42 Å². The van der Waals surface area contributed by atoms with E-state index in [2.05, 4.69) is 21.2 Å². The van der Waals surface area contributed by atoms with Crippen molar-refractivity contribution in [2.24, 2.45) is 0 Å². The van der Waals surface area contributed by atoms with Gasteiger partial charge in [-0.1, -0.05) is 65.3 Å². The highest BCUT2D eigenvalue weighted by molar-refractivity contribution is 9.10. The van der Waals surface area contributed by atoms with Gasteiger partial charge in [0.2, 0.25) is 11.8 Å². The molecule has 3 aromatic rings. The Bertz CT molecular complexity index is 1310. The normalized spacial score (nSPS) is 12.0. The summed E-state index contributed by atoms with van der Waals surface area (Å²) in [7, 11) is -4.07. The number of halogens is 1. The molecule has 9 heteroatoms. The number of rotatable bonds is 11. The second-order valence-corrected chi connectivity index (χ2v) is 11.3. The molecule has 196 valence electrons. The van der Waals surface area contributed by atoms with Crippen molar-refractivity contribution in [1.82, 2.24) is 10.2 Å². The molecular formula is C28H32BrN3O4S. The van der Waals surface area contributed by atoms with Gasteiger partial charge in [0.25, 0.3) is 10.0 Å². The molecule has 7 nitrogen and oxygen atoms in total. The molecule has 2 amide bonds. The van der Waals surface area contributed by atoms with E-state index in [0.717, 1.165) is 19.9 Å². The van der Waals surface area contributed by atoms with E-state index in [9.17, 15) is 18.0 Å². The second kappa shape index (κ2) is 12.9. The van der Waals surface area contributed by atoms with Crippen LogP contribution >= 0.6 is 15.9 Å². The SMILES string of the molecule is CCNC(=O)[C@H](CC)N(Cc1ccccc1C)C(=O)CN(c1ccc(Br)cc1)S(=O)(=O)c1ccccc1. The molecule has 0 saturated heterocycles. The van der Waals surface area contributed by atoms with Crippen LogP contribution in [0.5, 0.6) is 0 Å². The minimum absolute atomic E-state index is 0.0759. The molecule has 0 aliphatic rings. The van der Waals surface area contributed by atoms with Crippen LogP contribution in [0.1, 0.15) is 31.4 Å². The van der Waals surface area contributed by atoms with Gasteiger partial charge in [0, 0.05) is 17.6 Å². The number of sulfonamides is 1. The third kappa shape index (κ3) is 6.99. The van der Waals surface area contributed by atoms with Crippen molar-refractivity contribution < 1.29 is 18.0 Å². The third-order valence-corrected chi connectivity index (χ3v) is 8.38. The quantitative estimate of drug-likeness (QED) is 0.347. The number of carbonyl (C=O) groups excluding carboxylic acids is 2. The van der Waals surface area contributed by atoms with Crippen molar-refractivity contribution in [2.75, 3.05) is 17.4 Å². The first kappa shape index (κ1) is 28.4. The molecule has 0 bridgehead atoms. The van der Waals surface area contributed by atoms with E-state index < -0.39 is 28.5 Å². The summed E-state index contributed by atoms with van der Waals surface area (Å²) >= 11 is 3.38. The Hall–Kier alpha value is -3.17. The van der Waals surface area contributed by atoms with Crippen LogP contribution in [0.2, 0.25) is 0 Å². The first-order valence-electron chi connectivity index (χ1n) is 12.1. The molecule has 0 aliphatic carbocycles. The number of hydrogen-bond donors (Lipinski definition) is 1. The zero-order valence-electron chi connectivity index (χ0n) is 21.2. The molecule has 0 aliphatic heterocycles. The minimum atomic E-state index is -4.07. The number of nitrogens with zero attached hydrogens (tertiary/aromatic N) is 2. The number of carbonyl (C=O) groups is 2. The molecule has 0 fully saturated rings. The average molecular weight is 587 g/mol. The molecule has 0 aromatic heterocycles. The lowest BCUT2D eigenvalue weighted by atomic mass is 10.1. The first-order chi connectivity index (χ1) is 17.7. The van der Waals surface area contributed by atoms with Crippen molar-refractivity contribution in [3.8, 4) is 0 Å². The molecule has 3 aromatic carbocycles. The fourth-order valence-corrected chi connectivity index (χ4v) is 5.74. The summed E-state index contributed by atoms with van der Waals surface area (Å²) in [6.45, 7) is 5.75. The van der Waals surface area contributed by atoms with Gasteiger partial charge in [-0.15, -0.1) is 0 Å². The summed E-state index contributed by atoms with van der Waals surface area (Å²) in [5.74, 6) is -0.739. The van der Waals surface area contributed by atoms with Crippen LogP contribution in [0.15, 0.2) is 88.2 Å². The van der Waals surface area contributed by atoms with E-state index in [-0.39, 0.29) is 17.3 Å². The number of nitrogens with one attached hydrogen (secondary N) is 1. The van der Waals surface area contributed by atoms with Gasteiger partial charge >= 0.3 is 0 Å². The monoisotopic (exact) mass is 585 g/mol. The molecule has 1 atom stereocenters. The molecular weight excluding hydrogens is 554 g/mol. The molecule has 0 heterocycles. The van der Waals surface area contributed by atoms with Crippen LogP contribution in [0.25, 0.3) is 0 Å². The molecule has 1 N–H and O–H groups in total. The number of likely N-dealkylation sites (N-methyl/N-ethyl adjacent to an activating group) is 1. The lowest BCUT2D eigenvalue weighted by Crippen LogP contribution is -2.52. The number of benzene rings is 3. The van der Waals surface area contributed by atoms with Crippen molar-refractivity contribution in [1.29, 1.82) is 0 Å². The predicted octanol–water partition coefficient (Wildman–Crippen LogP) is 4.90. The summed E-state index contributed by atoms with van der Waals surface area (Å²) in [6, 6.07) is 21.6. The van der Waals surface area contributed by atoms with Gasteiger partial charge in [0.05, 0.1) is 10.6 Å². The van der Waals surface area contributed by atoms with E-state index in [0.29, 0.717) is 18.7 Å². The highest BCUT2D eigenvalue weighted by Gasteiger charge is 2.33. The van der Waals surface area contributed by atoms with Crippen LogP contribution in [-0.2, 0) is 26.2 Å². The van der Waals surface area contributed by atoms with E-state index >= 15 is 0 Å². The summed E-state index contributed by atoms with van der Waals surface area (Å²) in [6.07, 6.45) is 0.382. The second-order valence-electron chi connectivity index (χ2n) is 8.57. The van der Waals surface area contributed by atoms with Crippen LogP contribution in [0.4, 0.5) is 5.69 Å². The van der Waals surface area contributed by atoms with Gasteiger partial charge in [0.15, 0.2) is 0 Å². The van der Waals surface area contributed by atoms with Gasteiger partial charge in [-0.3, -0.25) is 13.9 Å². The molecule has 0 spiro atoms. The Morgan fingerprint density at radius 2 is 1.54 bits per heavy atom. The predicted molar refractivity (Wildman–Crippen MR) is 150 cm³/mol. The maximum atomic E-state index is 13.9. The highest BCUT2D eigenvalue weighted by atomic mass is 79.9. The Morgan fingerprint density at radius 3 is 2.14 bits per heavy atom. The van der Waals surface area contributed by atoms with Gasteiger partial charge < -0.3 is 10.2 Å². The molecule has 0 radical (unpaired) electrons. The maximum absolute atomic E-state index is 13.9. The van der Waals surface area contributed by atoms with Gasteiger partial charge in [-0.05, 0) is 67.8 Å². The summed E-state index contributed by atoms with van der Waals surface area (Å²) in [4.78, 5) is 28.5. The standard InChI is InChI=1S/C28H32BrN3O4S/c1-4-26(28(34)30-5-2)31(19-22-12-10-9-11-21(22)3)27(33)20-32(24-17-15-23(29)16-18-24)37(35,36)25-13-7-6-8-14-25/h6-18,26H,4-5,19-20H2,1-3H3,(H,30,34)/t26-/m0/s1. The van der Waals surface area contributed by atoms with Crippen LogP contribution in [-0.4, -0.2) is 44.3 Å². The van der Waals surface area contributed by atoms with Gasteiger partial charge in [0.1, 0.15) is 12.6 Å². The Balaban J connectivity index is 2.05. The number of amides is 2. The fourth-order valence-electron chi connectivity index (χ4n) is 4.04. The molecule has 0 unspecified atom stereocenters. The van der Waals surface area contributed by atoms with Crippen LogP contribution in [0, 0.1) is 6.92 Å². The Kier molecular flexibility index (Phi) is 9.88. The number of anilines is 1. The van der Waals surface area contributed by atoms with E-state index in [1.165, 1.54) is 17.0 Å². The fraction of sp³-hybridized carbons (Fsp3) is 0.286. The summed E-state index contributed by atoms with van der Waals surface area (Å²) in [5.41, 5.74) is 2.22. The van der Waals surface area contributed by atoms with Crippen molar-refractivity contribution in [2.45, 2.75) is 44.7 Å². The third-order valence-electron chi connectivity index (χ3n) is 6.06. The zero-order chi connectivity index (χ0) is 27.0. The lowest BCUT2D eigenvalue weighted by Gasteiger charge is -2.33. The zero-order valence-corrected chi connectivity index (χ0v) is 23.6. The van der Waals surface area contributed by atoms with Crippen molar-refractivity contribution >= 4 is 43.5 Å². The average Bonchev–Trinajstić information content (AvgIpc) is 2.89. The first-order valence-corrected chi connectivity index (χ1v) is 14.4. The molecule has 37 heavy (non-hydrogen) atoms. The molecule has 0 saturated carbocycles. The largest absolute Gasteiger partial charge is 0.355 e. The van der Waals surface area contributed by atoms with E-state index in [1.807, 2.05) is 45.0 Å².